The number of amides is 2. The average Bonchev–Trinajstić information content (AvgIpc) is 2.84. The Morgan fingerprint density at radius 1 is 1.19 bits per heavy atom. The summed E-state index contributed by atoms with van der Waals surface area (Å²) in [5.41, 5.74) is 0.512. The molecule has 6 heteroatoms. The third kappa shape index (κ3) is 3.81. The Morgan fingerprint density at radius 3 is 2.78 bits per heavy atom. The van der Waals surface area contributed by atoms with Gasteiger partial charge in [0.1, 0.15) is 11.4 Å². The fourth-order valence-electron chi connectivity index (χ4n) is 4.65. The summed E-state index contributed by atoms with van der Waals surface area (Å²) in [6, 6.07) is 7.94. The Hall–Kier alpha value is -2.08. The summed E-state index contributed by atoms with van der Waals surface area (Å²) >= 11 is 0. The first-order valence-electron chi connectivity index (χ1n) is 10.1. The van der Waals surface area contributed by atoms with Crippen molar-refractivity contribution in [2.45, 2.75) is 44.8 Å². The number of ether oxygens (including phenoxy) is 1. The number of piperidine rings is 2. The first-order chi connectivity index (χ1) is 13.1. The zero-order valence-corrected chi connectivity index (χ0v) is 16.1. The van der Waals surface area contributed by atoms with Gasteiger partial charge in [-0.2, -0.15) is 0 Å². The first-order valence-corrected chi connectivity index (χ1v) is 10.1. The summed E-state index contributed by atoms with van der Waals surface area (Å²) in [5, 5.41) is 3.34. The second-order valence-corrected chi connectivity index (χ2v) is 8.17. The van der Waals surface area contributed by atoms with E-state index in [2.05, 4.69) is 5.32 Å². The van der Waals surface area contributed by atoms with Crippen LogP contribution in [0.5, 0.6) is 5.75 Å². The van der Waals surface area contributed by atoms with Gasteiger partial charge in [0.25, 0.3) is 0 Å². The average molecular weight is 371 g/mol. The van der Waals surface area contributed by atoms with Crippen molar-refractivity contribution in [3.05, 3.63) is 29.8 Å². The molecule has 1 N–H and O–H groups in total. The van der Waals surface area contributed by atoms with Crippen LogP contribution in [0.15, 0.2) is 24.3 Å². The summed E-state index contributed by atoms with van der Waals surface area (Å²) in [6.07, 6.45) is 3.77. The molecular formula is C21H29N3O3. The SMILES string of the molecule is CC(=O)N1Cc2ccccc2OC2(CCCN(C(=O)C3CCCNC3)C2)C1. The van der Waals surface area contributed by atoms with E-state index < -0.39 is 5.60 Å². The first kappa shape index (κ1) is 18.3. The van der Waals surface area contributed by atoms with Crippen LogP contribution in [0.2, 0.25) is 0 Å². The van der Waals surface area contributed by atoms with Gasteiger partial charge in [-0.25, -0.2) is 0 Å². The van der Waals surface area contributed by atoms with Crippen LogP contribution in [0.1, 0.15) is 38.2 Å². The number of likely N-dealkylation sites (tertiary alicyclic amines) is 1. The van der Waals surface area contributed by atoms with Crippen molar-refractivity contribution in [3.8, 4) is 5.75 Å². The topological polar surface area (TPSA) is 61.9 Å². The number of carbonyl (C=O) groups excluding carboxylic acids is 2. The van der Waals surface area contributed by atoms with E-state index in [0.29, 0.717) is 19.6 Å². The van der Waals surface area contributed by atoms with Crippen LogP contribution in [0, 0.1) is 5.92 Å². The lowest BCUT2D eigenvalue weighted by Crippen LogP contribution is -2.59. The smallest absolute Gasteiger partial charge is 0.227 e. The molecule has 2 saturated heterocycles. The lowest BCUT2D eigenvalue weighted by Gasteiger charge is -2.44. The standard InChI is InChI=1S/C21H29N3O3/c1-16(25)24-13-18-6-2-3-8-19(18)27-21(15-24)9-5-11-23(14-21)20(26)17-7-4-10-22-12-17/h2-3,6,8,17,22H,4-5,7,9-15H2,1H3. The Morgan fingerprint density at radius 2 is 2.00 bits per heavy atom. The van der Waals surface area contributed by atoms with Crippen LogP contribution in [0.4, 0.5) is 0 Å². The number of rotatable bonds is 1. The van der Waals surface area contributed by atoms with Crippen LogP contribution in [-0.2, 0) is 16.1 Å². The van der Waals surface area contributed by atoms with Gasteiger partial charge in [0.05, 0.1) is 19.0 Å². The van der Waals surface area contributed by atoms with Crippen LogP contribution in [-0.4, -0.2) is 59.9 Å². The molecule has 0 aromatic heterocycles. The molecule has 2 atom stereocenters. The minimum atomic E-state index is -0.520. The fourth-order valence-corrected chi connectivity index (χ4v) is 4.65. The van der Waals surface area contributed by atoms with E-state index in [9.17, 15) is 9.59 Å². The number of para-hydroxylation sites is 1. The molecule has 3 aliphatic heterocycles. The Balaban J connectivity index is 1.58. The van der Waals surface area contributed by atoms with Gasteiger partial charge in [-0.15, -0.1) is 0 Å². The highest BCUT2D eigenvalue weighted by atomic mass is 16.5. The fraction of sp³-hybridized carbons (Fsp3) is 0.619. The molecular weight excluding hydrogens is 342 g/mol. The molecule has 3 aliphatic rings. The van der Waals surface area contributed by atoms with Crippen molar-refractivity contribution in [3.63, 3.8) is 0 Å². The van der Waals surface area contributed by atoms with Gasteiger partial charge < -0.3 is 19.9 Å². The number of hydrogen-bond donors (Lipinski definition) is 1. The molecule has 0 aliphatic carbocycles. The van der Waals surface area contributed by atoms with E-state index in [-0.39, 0.29) is 17.7 Å². The molecule has 2 unspecified atom stereocenters. The second kappa shape index (κ2) is 7.50. The van der Waals surface area contributed by atoms with E-state index in [4.69, 9.17) is 4.74 Å². The Bertz CT molecular complexity index is 716. The van der Waals surface area contributed by atoms with Crippen molar-refractivity contribution in [1.29, 1.82) is 0 Å². The molecule has 2 fully saturated rings. The molecule has 27 heavy (non-hydrogen) atoms. The molecule has 4 rings (SSSR count). The predicted octanol–water partition coefficient (Wildman–Crippen LogP) is 1.79. The minimum absolute atomic E-state index is 0.0506. The number of benzene rings is 1. The third-order valence-corrected chi connectivity index (χ3v) is 6.08. The molecule has 0 bridgehead atoms. The van der Waals surface area contributed by atoms with E-state index in [0.717, 1.165) is 56.6 Å². The highest BCUT2D eigenvalue weighted by molar-refractivity contribution is 5.79. The quantitative estimate of drug-likeness (QED) is 0.818. The summed E-state index contributed by atoms with van der Waals surface area (Å²) in [7, 11) is 0. The van der Waals surface area contributed by atoms with E-state index in [1.807, 2.05) is 34.1 Å². The van der Waals surface area contributed by atoms with Crippen molar-refractivity contribution >= 4 is 11.8 Å². The summed E-state index contributed by atoms with van der Waals surface area (Å²) in [5.74, 6) is 1.19. The predicted molar refractivity (Wildman–Crippen MR) is 102 cm³/mol. The van der Waals surface area contributed by atoms with Crippen LogP contribution < -0.4 is 10.1 Å². The van der Waals surface area contributed by atoms with Gasteiger partial charge in [-0.1, -0.05) is 18.2 Å². The Kier molecular flexibility index (Phi) is 5.08. The molecule has 1 aromatic carbocycles. The van der Waals surface area contributed by atoms with Crippen molar-refractivity contribution in [1.82, 2.24) is 15.1 Å². The summed E-state index contributed by atoms with van der Waals surface area (Å²) in [4.78, 5) is 29.2. The van der Waals surface area contributed by atoms with Crippen molar-refractivity contribution in [2.75, 3.05) is 32.7 Å². The third-order valence-electron chi connectivity index (χ3n) is 6.08. The molecule has 2 amide bonds. The number of nitrogens with zero attached hydrogens (tertiary/aromatic N) is 2. The summed E-state index contributed by atoms with van der Waals surface area (Å²) in [6.45, 7) is 5.81. The van der Waals surface area contributed by atoms with Gasteiger partial charge in [0, 0.05) is 32.1 Å². The number of carbonyl (C=O) groups is 2. The van der Waals surface area contributed by atoms with Gasteiger partial charge in [0.15, 0.2) is 0 Å². The van der Waals surface area contributed by atoms with Crippen LogP contribution in [0.25, 0.3) is 0 Å². The van der Waals surface area contributed by atoms with Gasteiger partial charge in [0.2, 0.25) is 11.8 Å². The van der Waals surface area contributed by atoms with E-state index >= 15 is 0 Å². The Labute approximate surface area is 160 Å². The molecule has 146 valence electrons. The minimum Gasteiger partial charge on any atom is -0.483 e. The molecule has 1 spiro atoms. The maximum Gasteiger partial charge on any atom is 0.227 e. The highest BCUT2D eigenvalue weighted by Crippen LogP contribution is 2.35. The van der Waals surface area contributed by atoms with Gasteiger partial charge in [-0.05, 0) is 38.3 Å². The van der Waals surface area contributed by atoms with Crippen molar-refractivity contribution in [2.24, 2.45) is 5.92 Å². The van der Waals surface area contributed by atoms with Crippen molar-refractivity contribution < 1.29 is 14.3 Å². The van der Waals surface area contributed by atoms with Gasteiger partial charge in [-0.3, -0.25) is 9.59 Å². The molecule has 3 heterocycles. The van der Waals surface area contributed by atoms with E-state index in [1.54, 1.807) is 6.92 Å². The molecule has 0 saturated carbocycles. The maximum absolute atomic E-state index is 13.1. The molecule has 0 radical (unpaired) electrons. The lowest BCUT2D eigenvalue weighted by molar-refractivity contribution is -0.144. The zero-order valence-electron chi connectivity index (χ0n) is 16.1. The zero-order chi connectivity index (χ0) is 18.9. The van der Waals surface area contributed by atoms with Crippen LogP contribution >= 0.6 is 0 Å². The number of hydrogen-bond acceptors (Lipinski definition) is 4. The van der Waals surface area contributed by atoms with Gasteiger partial charge >= 0.3 is 0 Å². The highest BCUT2D eigenvalue weighted by Gasteiger charge is 2.44. The molecule has 1 aromatic rings. The van der Waals surface area contributed by atoms with Crippen LogP contribution in [0.3, 0.4) is 0 Å². The number of nitrogens with one attached hydrogen (secondary N) is 1. The lowest BCUT2D eigenvalue weighted by atomic mass is 9.89. The van der Waals surface area contributed by atoms with E-state index in [1.165, 1.54) is 0 Å². The molecule has 6 nitrogen and oxygen atoms in total. The second-order valence-electron chi connectivity index (χ2n) is 8.17. The number of fused-ring (bicyclic) bond motifs is 1. The maximum atomic E-state index is 13.1. The summed E-state index contributed by atoms with van der Waals surface area (Å²) < 4.78 is 6.53. The largest absolute Gasteiger partial charge is 0.483 e. The monoisotopic (exact) mass is 371 g/mol. The normalized spacial score (nSPS) is 28.3.